The second kappa shape index (κ2) is 8.65. The molecule has 1 N–H and O–H groups in total. The molecule has 0 fully saturated rings. The van der Waals surface area contributed by atoms with Gasteiger partial charge in [-0.2, -0.15) is 0 Å². The fraction of sp³-hybridized carbons (Fsp3) is 0.350. The van der Waals surface area contributed by atoms with E-state index >= 15 is 0 Å². The molecular formula is C20H26N2O3. The monoisotopic (exact) mass is 342 g/mol. The predicted molar refractivity (Wildman–Crippen MR) is 98.5 cm³/mol. The first-order chi connectivity index (χ1) is 11.9. The molecule has 0 radical (unpaired) electrons. The summed E-state index contributed by atoms with van der Waals surface area (Å²) in [5, 5.41) is 10.5. The van der Waals surface area contributed by atoms with Crippen LogP contribution in [0.3, 0.4) is 0 Å². The Labute approximate surface area is 149 Å². The fourth-order valence-electron chi connectivity index (χ4n) is 2.81. The first-order valence-corrected chi connectivity index (χ1v) is 8.22. The van der Waals surface area contributed by atoms with Crippen LogP contribution in [0.25, 0.3) is 0 Å². The second-order valence-electron chi connectivity index (χ2n) is 6.29. The summed E-state index contributed by atoms with van der Waals surface area (Å²) in [4.78, 5) is 16.4. The number of rotatable bonds is 7. The zero-order valence-corrected chi connectivity index (χ0v) is 15.2. The molecule has 0 aliphatic carbocycles. The average Bonchev–Trinajstić information content (AvgIpc) is 2.62. The molecule has 5 nitrogen and oxygen atoms in total. The molecule has 0 spiro atoms. The molecule has 5 heteroatoms. The molecular weight excluding hydrogens is 316 g/mol. The van der Waals surface area contributed by atoms with Crippen molar-refractivity contribution in [3.05, 3.63) is 65.7 Å². The van der Waals surface area contributed by atoms with Gasteiger partial charge in [0, 0.05) is 7.05 Å². The Balaban J connectivity index is 2.12. The smallest absolute Gasteiger partial charge is 0.244 e. The molecule has 2 aromatic rings. The third-order valence-corrected chi connectivity index (χ3v) is 4.17. The van der Waals surface area contributed by atoms with Crippen molar-refractivity contribution in [2.45, 2.75) is 12.1 Å². The molecule has 1 amide bonds. The summed E-state index contributed by atoms with van der Waals surface area (Å²) >= 11 is 0. The molecule has 0 aliphatic heterocycles. The maximum absolute atomic E-state index is 12.9. The van der Waals surface area contributed by atoms with Gasteiger partial charge in [-0.1, -0.05) is 42.5 Å². The number of carbonyl (C=O) groups is 1. The van der Waals surface area contributed by atoms with Crippen molar-refractivity contribution in [1.29, 1.82) is 0 Å². The number of aliphatic hydroxyl groups is 1. The number of benzene rings is 2. The highest BCUT2D eigenvalue weighted by atomic mass is 16.5. The molecule has 0 bridgehead atoms. The lowest BCUT2D eigenvalue weighted by Gasteiger charge is -2.30. The molecule has 0 aromatic heterocycles. The van der Waals surface area contributed by atoms with Gasteiger partial charge >= 0.3 is 0 Å². The normalized spacial score (nSPS) is 13.4. The van der Waals surface area contributed by atoms with Crippen LogP contribution in [0.2, 0.25) is 0 Å². The molecule has 25 heavy (non-hydrogen) atoms. The molecule has 2 unspecified atom stereocenters. The van der Waals surface area contributed by atoms with Gasteiger partial charge in [-0.3, -0.25) is 9.69 Å². The first kappa shape index (κ1) is 19.0. The zero-order valence-electron chi connectivity index (χ0n) is 15.2. The van der Waals surface area contributed by atoms with Crippen molar-refractivity contribution in [1.82, 2.24) is 9.80 Å². The number of amides is 1. The van der Waals surface area contributed by atoms with E-state index < -0.39 is 6.10 Å². The van der Waals surface area contributed by atoms with Crippen LogP contribution in [-0.4, -0.2) is 55.6 Å². The van der Waals surface area contributed by atoms with Crippen LogP contribution in [0.5, 0.6) is 5.75 Å². The lowest BCUT2D eigenvalue weighted by atomic mass is 10.0. The highest BCUT2D eigenvalue weighted by Crippen LogP contribution is 2.23. The Hall–Kier alpha value is -2.37. The second-order valence-corrected chi connectivity index (χ2v) is 6.29. The summed E-state index contributed by atoms with van der Waals surface area (Å²) < 4.78 is 5.19. The largest absolute Gasteiger partial charge is 0.497 e. The maximum atomic E-state index is 12.9. The molecule has 2 rings (SSSR count). The highest BCUT2D eigenvalue weighted by molar-refractivity contribution is 5.83. The quantitative estimate of drug-likeness (QED) is 0.840. The Morgan fingerprint density at radius 1 is 1.04 bits per heavy atom. The number of aliphatic hydroxyl groups excluding tert-OH is 1. The zero-order chi connectivity index (χ0) is 18.4. The van der Waals surface area contributed by atoms with Gasteiger partial charge in [0.25, 0.3) is 0 Å². The standard InChI is InChI=1S/C20H26N2O3/c1-21(2)19(15-9-6-5-7-10-15)20(24)22(3)14-18(23)16-11-8-12-17(13-16)25-4/h5-13,18-19,23H,14H2,1-4H3. The van der Waals surface area contributed by atoms with Crippen molar-refractivity contribution in [2.24, 2.45) is 0 Å². The minimum Gasteiger partial charge on any atom is -0.497 e. The van der Waals surface area contributed by atoms with Crippen molar-refractivity contribution >= 4 is 5.91 Å². The van der Waals surface area contributed by atoms with E-state index in [0.717, 1.165) is 11.1 Å². The Morgan fingerprint density at radius 2 is 1.68 bits per heavy atom. The third-order valence-electron chi connectivity index (χ3n) is 4.17. The summed E-state index contributed by atoms with van der Waals surface area (Å²) in [6.07, 6.45) is -0.775. The summed E-state index contributed by atoms with van der Waals surface area (Å²) in [6, 6.07) is 16.5. The van der Waals surface area contributed by atoms with Crippen molar-refractivity contribution in [3.63, 3.8) is 0 Å². The highest BCUT2D eigenvalue weighted by Gasteiger charge is 2.27. The summed E-state index contributed by atoms with van der Waals surface area (Å²) in [5.74, 6) is 0.624. The van der Waals surface area contributed by atoms with E-state index in [4.69, 9.17) is 4.74 Å². The Morgan fingerprint density at radius 3 is 2.28 bits per heavy atom. The van der Waals surface area contributed by atoms with Crippen LogP contribution >= 0.6 is 0 Å². The van der Waals surface area contributed by atoms with Crippen LogP contribution in [0.1, 0.15) is 23.3 Å². The fourth-order valence-corrected chi connectivity index (χ4v) is 2.81. The lowest BCUT2D eigenvalue weighted by molar-refractivity contribution is -0.136. The number of ether oxygens (including phenoxy) is 1. The number of methoxy groups -OCH3 is 1. The van der Waals surface area contributed by atoms with E-state index in [2.05, 4.69) is 0 Å². The van der Waals surface area contributed by atoms with Crippen molar-refractivity contribution in [3.8, 4) is 5.75 Å². The molecule has 2 atom stereocenters. The van der Waals surface area contributed by atoms with Crippen molar-refractivity contribution < 1.29 is 14.6 Å². The number of nitrogens with zero attached hydrogens (tertiary/aromatic N) is 2. The van der Waals surface area contributed by atoms with E-state index in [1.54, 1.807) is 25.1 Å². The van der Waals surface area contributed by atoms with Crippen LogP contribution < -0.4 is 4.74 Å². The number of carbonyl (C=O) groups excluding carboxylic acids is 1. The van der Waals surface area contributed by atoms with Gasteiger partial charge in [0.1, 0.15) is 11.8 Å². The van der Waals surface area contributed by atoms with E-state index in [-0.39, 0.29) is 18.5 Å². The topological polar surface area (TPSA) is 53.0 Å². The van der Waals surface area contributed by atoms with E-state index in [1.165, 1.54) is 0 Å². The van der Waals surface area contributed by atoms with Gasteiger partial charge in [-0.25, -0.2) is 0 Å². The summed E-state index contributed by atoms with van der Waals surface area (Å²) in [5.41, 5.74) is 1.65. The van der Waals surface area contributed by atoms with Crippen LogP contribution in [0, 0.1) is 0 Å². The molecule has 0 heterocycles. The van der Waals surface area contributed by atoms with Gasteiger partial charge in [0.2, 0.25) is 5.91 Å². The molecule has 0 saturated heterocycles. The Bertz CT molecular complexity index is 688. The van der Waals surface area contributed by atoms with Gasteiger partial charge in [-0.15, -0.1) is 0 Å². The number of likely N-dealkylation sites (N-methyl/N-ethyl adjacent to an activating group) is 2. The Kier molecular flexibility index (Phi) is 6.56. The van der Waals surface area contributed by atoms with Crippen LogP contribution in [0.4, 0.5) is 0 Å². The molecule has 0 aliphatic rings. The van der Waals surface area contributed by atoms with Gasteiger partial charge in [0.15, 0.2) is 0 Å². The number of hydrogen-bond acceptors (Lipinski definition) is 4. The van der Waals surface area contributed by atoms with Crippen LogP contribution in [-0.2, 0) is 4.79 Å². The first-order valence-electron chi connectivity index (χ1n) is 8.22. The molecule has 0 saturated carbocycles. The van der Waals surface area contributed by atoms with Gasteiger partial charge < -0.3 is 14.7 Å². The maximum Gasteiger partial charge on any atom is 0.244 e. The van der Waals surface area contributed by atoms with E-state index in [0.29, 0.717) is 5.75 Å². The summed E-state index contributed by atoms with van der Waals surface area (Å²) in [7, 11) is 7.05. The number of hydrogen-bond donors (Lipinski definition) is 1. The lowest BCUT2D eigenvalue weighted by Crippen LogP contribution is -2.40. The SMILES string of the molecule is COc1cccc(C(O)CN(C)C(=O)C(c2ccccc2)N(C)C)c1. The minimum absolute atomic E-state index is 0.0573. The van der Waals surface area contributed by atoms with Crippen LogP contribution in [0.15, 0.2) is 54.6 Å². The van der Waals surface area contributed by atoms with E-state index in [1.807, 2.05) is 67.5 Å². The average molecular weight is 342 g/mol. The van der Waals surface area contributed by atoms with E-state index in [9.17, 15) is 9.90 Å². The summed E-state index contributed by atoms with van der Waals surface area (Å²) in [6.45, 7) is 0.211. The van der Waals surface area contributed by atoms with Gasteiger partial charge in [-0.05, 0) is 37.4 Å². The minimum atomic E-state index is -0.775. The molecule has 2 aromatic carbocycles. The third kappa shape index (κ3) is 4.81. The molecule has 134 valence electrons. The van der Waals surface area contributed by atoms with Crippen molar-refractivity contribution in [2.75, 3.05) is 34.8 Å². The predicted octanol–water partition coefficient (Wildman–Crippen LogP) is 2.49. The van der Waals surface area contributed by atoms with Gasteiger partial charge in [0.05, 0.1) is 19.8 Å².